The molecule has 0 aliphatic carbocycles. The van der Waals surface area contributed by atoms with Gasteiger partial charge in [0.1, 0.15) is 6.04 Å². The highest BCUT2D eigenvalue weighted by atomic mass is 19.4. The molecule has 4 nitrogen and oxygen atoms in total. The van der Waals surface area contributed by atoms with Gasteiger partial charge in [-0.25, -0.2) is 0 Å². The van der Waals surface area contributed by atoms with Crippen molar-refractivity contribution in [3.8, 4) is 0 Å². The highest BCUT2D eigenvalue weighted by molar-refractivity contribution is 5.99. The zero-order chi connectivity index (χ0) is 14.0. The quantitative estimate of drug-likeness (QED) is 0.864. The van der Waals surface area contributed by atoms with Crippen molar-refractivity contribution >= 4 is 17.5 Å². The van der Waals surface area contributed by atoms with E-state index in [1.807, 2.05) is 0 Å². The van der Waals surface area contributed by atoms with E-state index in [9.17, 15) is 22.8 Å². The Kier molecular flexibility index (Phi) is 3.46. The smallest absolute Gasteiger partial charge is 0.344 e. The van der Waals surface area contributed by atoms with Gasteiger partial charge in [-0.2, -0.15) is 13.2 Å². The van der Waals surface area contributed by atoms with Gasteiger partial charge in [-0.05, 0) is 18.6 Å². The molecule has 102 valence electrons. The molecule has 2 rings (SSSR count). The third-order valence-corrected chi connectivity index (χ3v) is 2.80. The lowest BCUT2D eigenvalue weighted by Gasteiger charge is -2.15. The minimum atomic E-state index is -4.54. The van der Waals surface area contributed by atoms with Crippen molar-refractivity contribution in [2.45, 2.75) is 25.1 Å². The number of carbonyl (C=O) groups excluding carboxylic acids is 2. The van der Waals surface area contributed by atoms with E-state index in [-0.39, 0.29) is 18.0 Å². The van der Waals surface area contributed by atoms with Crippen molar-refractivity contribution < 1.29 is 22.8 Å². The van der Waals surface area contributed by atoms with E-state index >= 15 is 0 Å². The molecule has 1 aliphatic rings. The van der Waals surface area contributed by atoms with Crippen LogP contribution >= 0.6 is 0 Å². The maximum Gasteiger partial charge on any atom is 0.418 e. The second kappa shape index (κ2) is 4.91. The van der Waals surface area contributed by atoms with E-state index in [4.69, 9.17) is 0 Å². The van der Waals surface area contributed by atoms with Crippen molar-refractivity contribution in [2.24, 2.45) is 0 Å². The Balaban J connectivity index is 2.15. The summed E-state index contributed by atoms with van der Waals surface area (Å²) in [7, 11) is 0. The minimum Gasteiger partial charge on any atom is -0.344 e. The van der Waals surface area contributed by atoms with Gasteiger partial charge in [-0.1, -0.05) is 12.1 Å². The number of hydrogen-bond donors (Lipinski definition) is 2. The maximum absolute atomic E-state index is 12.7. The number of hydrogen-bond acceptors (Lipinski definition) is 2. The number of rotatable bonds is 2. The lowest BCUT2D eigenvalue weighted by molar-refractivity contribution is -0.137. The topological polar surface area (TPSA) is 58.2 Å². The van der Waals surface area contributed by atoms with Crippen molar-refractivity contribution in [3.63, 3.8) is 0 Å². The van der Waals surface area contributed by atoms with Crippen LogP contribution in [0, 0.1) is 0 Å². The molecule has 1 aromatic carbocycles. The van der Waals surface area contributed by atoms with Gasteiger partial charge in [0.2, 0.25) is 11.8 Å². The Morgan fingerprint density at radius 2 is 2.00 bits per heavy atom. The zero-order valence-corrected chi connectivity index (χ0v) is 9.75. The van der Waals surface area contributed by atoms with Crippen molar-refractivity contribution in [3.05, 3.63) is 29.8 Å². The molecule has 0 aromatic heterocycles. The summed E-state index contributed by atoms with van der Waals surface area (Å²) >= 11 is 0. The Morgan fingerprint density at radius 3 is 2.58 bits per heavy atom. The molecule has 19 heavy (non-hydrogen) atoms. The summed E-state index contributed by atoms with van der Waals surface area (Å²) in [6.07, 6.45) is -4.04. The molecule has 2 N–H and O–H groups in total. The molecular weight excluding hydrogens is 261 g/mol. The van der Waals surface area contributed by atoms with Crippen LogP contribution in [0.3, 0.4) is 0 Å². The van der Waals surface area contributed by atoms with Crippen LogP contribution in [0.4, 0.5) is 18.9 Å². The molecule has 1 atom stereocenters. The standard InChI is InChI=1S/C12H11F3N2O2/c13-12(14,15)7-3-1-2-4-8(7)17-11(19)9-5-6-10(18)16-9/h1-4,9H,5-6H2,(H,16,18)(H,17,19). The van der Waals surface area contributed by atoms with Crippen LogP contribution in [0.15, 0.2) is 24.3 Å². The summed E-state index contributed by atoms with van der Waals surface area (Å²) in [5.74, 6) is -0.910. The fourth-order valence-electron chi connectivity index (χ4n) is 1.87. The molecular formula is C12H11F3N2O2. The molecule has 2 amide bonds. The highest BCUT2D eigenvalue weighted by Gasteiger charge is 2.34. The van der Waals surface area contributed by atoms with E-state index in [1.54, 1.807) is 0 Å². The van der Waals surface area contributed by atoms with Crippen LogP contribution in [0.5, 0.6) is 0 Å². The van der Waals surface area contributed by atoms with E-state index in [0.717, 1.165) is 6.07 Å². The number of carbonyl (C=O) groups is 2. The monoisotopic (exact) mass is 272 g/mol. The average molecular weight is 272 g/mol. The highest BCUT2D eigenvalue weighted by Crippen LogP contribution is 2.34. The molecule has 1 saturated heterocycles. The van der Waals surface area contributed by atoms with Gasteiger partial charge < -0.3 is 10.6 Å². The Hall–Kier alpha value is -2.05. The van der Waals surface area contributed by atoms with Crippen LogP contribution in [-0.2, 0) is 15.8 Å². The molecule has 0 radical (unpaired) electrons. The normalized spacial score (nSPS) is 19.1. The number of para-hydroxylation sites is 1. The van der Waals surface area contributed by atoms with Gasteiger partial charge in [-0.15, -0.1) is 0 Å². The number of nitrogens with one attached hydrogen (secondary N) is 2. The fourth-order valence-corrected chi connectivity index (χ4v) is 1.87. The van der Waals surface area contributed by atoms with Gasteiger partial charge in [0, 0.05) is 6.42 Å². The lowest BCUT2D eigenvalue weighted by Crippen LogP contribution is -2.37. The van der Waals surface area contributed by atoms with Gasteiger partial charge in [0.15, 0.2) is 0 Å². The van der Waals surface area contributed by atoms with Crippen LogP contribution in [0.25, 0.3) is 0 Å². The van der Waals surface area contributed by atoms with Crippen LogP contribution in [0.2, 0.25) is 0 Å². The first-order valence-electron chi connectivity index (χ1n) is 5.64. The number of anilines is 1. The second-order valence-electron chi connectivity index (χ2n) is 4.19. The fraction of sp³-hybridized carbons (Fsp3) is 0.333. The van der Waals surface area contributed by atoms with Crippen LogP contribution < -0.4 is 10.6 Å². The number of benzene rings is 1. The molecule has 1 unspecified atom stereocenters. The summed E-state index contributed by atoms with van der Waals surface area (Å²) in [4.78, 5) is 22.7. The largest absolute Gasteiger partial charge is 0.418 e. The summed E-state index contributed by atoms with van der Waals surface area (Å²) in [6.45, 7) is 0. The minimum absolute atomic E-state index is 0.207. The summed E-state index contributed by atoms with van der Waals surface area (Å²) in [5.41, 5.74) is -1.21. The predicted molar refractivity (Wildman–Crippen MR) is 61.2 cm³/mol. The SMILES string of the molecule is O=C1CCC(C(=O)Nc2ccccc2C(F)(F)F)N1. The maximum atomic E-state index is 12.7. The Bertz CT molecular complexity index is 514. The predicted octanol–water partition coefficient (Wildman–Crippen LogP) is 1.92. The third-order valence-electron chi connectivity index (χ3n) is 2.80. The number of alkyl halides is 3. The second-order valence-corrected chi connectivity index (χ2v) is 4.19. The average Bonchev–Trinajstić information content (AvgIpc) is 2.75. The summed E-state index contributed by atoms with van der Waals surface area (Å²) in [6, 6.07) is 3.95. The van der Waals surface area contributed by atoms with Crippen molar-refractivity contribution in [2.75, 3.05) is 5.32 Å². The number of halogens is 3. The molecule has 0 bridgehead atoms. The van der Waals surface area contributed by atoms with Gasteiger partial charge in [0.05, 0.1) is 11.3 Å². The van der Waals surface area contributed by atoms with E-state index in [2.05, 4.69) is 10.6 Å². The van der Waals surface area contributed by atoms with Gasteiger partial charge in [-0.3, -0.25) is 9.59 Å². The molecule has 0 saturated carbocycles. The molecule has 7 heteroatoms. The Morgan fingerprint density at radius 1 is 1.32 bits per heavy atom. The van der Waals surface area contributed by atoms with E-state index in [0.29, 0.717) is 6.42 Å². The molecule has 1 aliphatic heterocycles. The first-order chi connectivity index (χ1) is 8.88. The van der Waals surface area contributed by atoms with E-state index in [1.165, 1.54) is 18.2 Å². The molecule has 0 spiro atoms. The van der Waals surface area contributed by atoms with E-state index < -0.39 is 23.7 Å². The lowest BCUT2D eigenvalue weighted by atomic mass is 10.1. The van der Waals surface area contributed by atoms with Crippen LogP contribution in [0.1, 0.15) is 18.4 Å². The van der Waals surface area contributed by atoms with Crippen molar-refractivity contribution in [1.29, 1.82) is 0 Å². The summed E-state index contributed by atoms with van der Waals surface area (Å²) < 4.78 is 38.2. The zero-order valence-electron chi connectivity index (χ0n) is 9.75. The van der Waals surface area contributed by atoms with Crippen molar-refractivity contribution in [1.82, 2.24) is 5.32 Å². The first-order valence-corrected chi connectivity index (χ1v) is 5.64. The summed E-state index contributed by atoms with van der Waals surface area (Å²) in [5, 5.41) is 4.61. The molecule has 1 aromatic rings. The van der Waals surface area contributed by atoms with Gasteiger partial charge in [0.25, 0.3) is 0 Å². The molecule has 1 heterocycles. The first kappa shape index (κ1) is 13.4. The molecule has 1 fully saturated rings. The van der Waals surface area contributed by atoms with Gasteiger partial charge >= 0.3 is 6.18 Å². The number of amides is 2. The van der Waals surface area contributed by atoms with Crippen LogP contribution in [-0.4, -0.2) is 17.9 Å². The third kappa shape index (κ3) is 3.04. The Labute approximate surface area is 107 Å².